The molecule has 0 amide bonds. The third-order valence-corrected chi connectivity index (χ3v) is 11.7. The summed E-state index contributed by atoms with van der Waals surface area (Å²) in [7, 11) is 1.57. The van der Waals surface area contributed by atoms with E-state index in [0.717, 1.165) is 33.4 Å². The molecule has 0 aliphatic carbocycles. The van der Waals surface area contributed by atoms with Crippen LogP contribution >= 0.6 is 0 Å². The van der Waals surface area contributed by atoms with Gasteiger partial charge in [-0.15, -0.1) is 0 Å². The van der Waals surface area contributed by atoms with Crippen LogP contribution in [0.2, 0.25) is 0 Å². The lowest BCUT2D eigenvalue weighted by Gasteiger charge is -2.49. The summed E-state index contributed by atoms with van der Waals surface area (Å²) < 4.78 is 66.4. The van der Waals surface area contributed by atoms with Crippen LogP contribution in [0.15, 0.2) is 182 Å². The Morgan fingerprint density at radius 3 is 1.03 bits per heavy atom. The zero-order chi connectivity index (χ0) is 45.2. The Morgan fingerprint density at radius 1 is 0.364 bits per heavy atom. The van der Waals surface area contributed by atoms with Crippen molar-refractivity contribution in [3.8, 4) is 0 Å². The lowest BCUT2D eigenvalue weighted by Crippen LogP contribution is -2.66. The normalized spacial score (nSPS) is 25.4. The summed E-state index contributed by atoms with van der Waals surface area (Å²) in [6.07, 6.45) is -9.26. The molecule has 0 unspecified atom stereocenters. The topological polar surface area (TPSA) is 113 Å². The number of ether oxygens (including phenoxy) is 10. The second-order valence-electron chi connectivity index (χ2n) is 16.5. The Bertz CT molecular complexity index is 2220. The van der Waals surface area contributed by atoms with Crippen molar-refractivity contribution in [1.82, 2.24) is 0 Å². The molecule has 0 spiro atoms. The molecule has 2 heterocycles. The average molecular weight is 897 g/mol. The minimum Gasteiger partial charge on any atom is -0.385 e. The quantitative estimate of drug-likeness (QED) is 0.0668. The number of aliphatic hydroxyl groups excluding tert-OH is 1. The van der Waals surface area contributed by atoms with Crippen LogP contribution in [0.5, 0.6) is 0 Å². The van der Waals surface area contributed by atoms with Crippen LogP contribution in [0.1, 0.15) is 33.4 Å². The number of hydrogen-bond donors (Lipinski definition) is 1. The SMILES string of the molecule is CO[C@@H]1O[C@H](COCc2ccccc2)[C@H](OCc2ccccc2)[C@H](O[C@@H]2O[C@H](COCc3ccccc3)[C@@H](OCc3ccccc3)[C@H](OCc3ccccc3)[C@H]2O)[C@H]1OCc1ccccc1. The molecule has 11 nitrogen and oxygen atoms in total. The van der Waals surface area contributed by atoms with Gasteiger partial charge < -0.3 is 52.5 Å². The summed E-state index contributed by atoms with van der Waals surface area (Å²) in [6, 6.07) is 59.4. The Balaban J connectivity index is 1.13. The molecule has 10 atom stereocenters. The standard InChI is InChI=1S/C55H60O11/c1-57-55-53(63-37-45-30-18-7-19-31-45)52(50(61-35-43-26-14-5-15-27-43)47(65-55)39-59-33-41-22-10-3-11-23-41)66-54-48(56)51(62-36-44-28-16-6-17-29-44)49(60-34-42-24-12-4-13-25-42)46(64-54)38-58-32-40-20-8-2-9-21-40/h2-31,46-56H,32-39H2,1H3/t46-,47-,48-,49-,50+,51-,52+,53-,54+,55-/m1/s1. The largest absolute Gasteiger partial charge is 0.385 e. The molecular weight excluding hydrogens is 837 g/mol. The van der Waals surface area contributed by atoms with E-state index in [4.69, 9.17) is 47.4 Å². The van der Waals surface area contributed by atoms with Crippen molar-refractivity contribution in [2.45, 2.75) is 101 Å². The molecule has 2 saturated heterocycles. The zero-order valence-electron chi connectivity index (χ0n) is 37.3. The van der Waals surface area contributed by atoms with Gasteiger partial charge in [-0.2, -0.15) is 0 Å². The van der Waals surface area contributed by atoms with Gasteiger partial charge in [0.15, 0.2) is 12.6 Å². The van der Waals surface area contributed by atoms with Gasteiger partial charge in [-0.1, -0.05) is 182 Å². The Morgan fingerprint density at radius 2 is 0.667 bits per heavy atom. The van der Waals surface area contributed by atoms with Crippen molar-refractivity contribution in [3.05, 3.63) is 215 Å². The summed E-state index contributed by atoms with van der Waals surface area (Å²) in [6.45, 7) is 1.84. The third-order valence-electron chi connectivity index (χ3n) is 11.7. The molecule has 346 valence electrons. The van der Waals surface area contributed by atoms with Crippen LogP contribution in [0.3, 0.4) is 0 Å². The molecule has 11 heteroatoms. The van der Waals surface area contributed by atoms with E-state index in [2.05, 4.69) is 0 Å². The summed E-state index contributed by atoms with van der Waals surface area (Å²) in [5.74, 6) is 0. The number of rotatable bonds is 23. The summed E-state index contributed by atoms with van der Waals surface area (Å²) in [5, 5.41) is 12.6. The fraction of sp³-hybridized carbons (Fsp3) is 0.345. The van der Waals surface area contributed by atoms with Gasteiger partial charge in [-0.3, -0.25) is 0 Å². The highest BCUT2D eigenvalue weighted by Gasteiger charge is 2.54. The van der Waals surface area contributed by atoms with Crippen LogP contribution in [0.25, 0.3) is 0 Å². The van der Waals surface area contributed by atoms with E-state index in [1.807, 2.05) is 182 Å². The second kappa shape index (κ2) is 25.1. The van der Waals surface area contributed by atoms with Crippen LogP contribution in [-0.2, 0) is 87.0 Å². The summed E-state index contributed by atoms with van der Waals surface area (Å²) in [5.41, 5.74) is 5.81. The third kappa shape index (κ3) is 13.5. The fourth-order valence-electron chi connectivity index (χ4n) is 8.22. The van der Waals surface area contributed by atoms with Crippen molar-refractivity contribution in [2.24, 2.45) is 0 Å². The first kappa shape index (κ1) is 47.4. The van der Waals surface area contributed by atoms with E-state index in [-0.39, 0.29) is 39.6 Å². The van der Waals surface area contributed by atoms with Crippen LogP contribution in [-0.4, -0.2) is 86.8 Å². The molecule has 0 aromatic heterocycles. The van der Waals surface area contributed by atoms with E-state index in [1.165, 1.54) is 0 Å². The molecule has 0 radical (unpaired) electrons. The van der Waals surface area contributed by atoms with Crippen LogP contribution in [0, 0.1) is 0 Å². The zero-order valence-corrected chi connectivity index (χ0v) is 37.3. The summed E-state index contributed by atoms with van der Waals surface area (Å²) in [4.78, 5) is 0. The van der Waals surface area contributed by atoms with E-state index in [0.29, 0.717) is 13.2 Å². The Labute approximate surface area is 388 Å². The van der Waals surface area contributed by atoms with Crippen molar-refractivity contribution < 1.29 is 52.5 Å². The first-order valence-electron chi connectivity index (χ1n) is 22.6. The Hall–Kier alpha value is -5.12. The average Bonchev–Trinajstić information content (AvgIpc) is 3.37. The highest BCUT2D eigenvalue weighted by atomic mass is 16.8. The molecule has 2 aliphatic heterocycles. The van der Waals surface area contributed by atoms with E-state index in [9.17, 15) is 5.11 Å². The number of benzene rings is 6. The Kier molecular flexibility index (Phi) is 18.0. The lowest BCUT2D eigenvalue weighted by atomic mass is 9.96. The van der Waals surface area contributed by atoms with Crippen LogP contribution in [0.4, 0.5) is 0 Å². The van der Waals surface area contributed by atoms with Crippen molar-refractivity contribution in [2.75, 3.05) is 20.3 Å². The number of methoxy groups -OCH3 is 1. The minimum atomic E-state index is -1.35. The van der Waals surface area contributed by atoms with Crippen molar-refractivity contribution >= 4 is 0 Å². The minimum absolute atomic E-state index is 0.110. The van der Waals surface area contributed by atoms with Gasteiger partial charge in [-0.05, 0) is 33.4 Å². The molecule has 2 aliphatic rings. The van der Waals surface area contributed by atoms with Crippen molar-refractivity contribution in [3.63, 3.8) is 0 Å². The highest BCUT2D eigenvalue weighted by molar-refractivity contribution is 5.18. The fourth-order valence-corrected chi connectivity index (χ4v) is 8.22. The van der Waals surface area contributed by atoms with E-state index < -0.39 is 61.4 Å². The maximum atomic E-state index is 12.6. The first-order chi connectivity index (χ1) is 32.6. The van der Waals surface area contributed by atoms with E-state index >= 15 is 0 Å². The van der Waals surface area contributed by atoms with Gasteiger partial charge in [0.1, 0.15) is 48.8 Å². The maximum Gasteiger partial charge on any atom is 0.187 e. The predicted molar refractivity (Wildman–Crippen MR) is 247 cm³/mol. The first-order valence-corrected chi connectivity index (χ1v) is 22.6. The monoisotopic (exact) mass is 896 g/mol. The smallest absolute Gasteiger partial charge is 0.187 e. The van der Waals surface area contributed by atoms with E-state index in [1.54, 1.807) is 7.11 Å². The second-order valence-corrected chi connectivity index (χ2v) is 16.5. The maximum absolute atomic E-state index is 12.6. The lowest BCUT2D eigenvalue weighted by molar-refractivity contribution is -0.373. The van der Waals surface area contributed by atoms with Gasteiger partial charge in [-0.25, -0.2) is 0 Å². The van der Waals surface area contributed by atoms with Gasteiger partial charge in [0.05, 0.1) is 52.9 Å². The summed E-state index contributed by atoms with van der Waals surface area (Å²) >= 11 is 0. The molecule has 0 saturated carbocycles. The van der Waals surface area contributed by atoms with Crippen LogP contribution < -0.4 is 0 Å². The number of aliphatic hydroxyl groups is 1. The number of hydrogen-bond acceptors (Lipinski definition) is 11. The van der Waals surface area contributed by atoms with Crippen molar-refractivity contribution in [1.29, 1.82) is 0 Å². The van der Waals surface area contributed by atoms with Gasteiger partial charge in [0.2, 0.25) is 0 Å². The van der Waals surface area contributed by atoms with Gasteiger partial charge >= 0.3 is 0 Å². The molecule has 8 rings (SSSR count). The molecule has 0 bridgehead atoms. The molecule has 1 N–H and O–H groups in total. The predicted octanol–water partition coefficient (Wildman–Crippen LogP) is 8.60. The molecule has 6 aromatic rings. The van der Waals surface area contributed by atoms with Gasteiger partial charge in [0, 0.05) is 7.11 Å². The molecule has 6 aromatic carbocycles. The molecule has 2 fully saturated rings. The molecular formula is C55H60O11. The van der Waals surface area contributed by atoms with Gasteiger partial charge in [0.25, 0.3) is 0 Å². The molecule has 66 heavy (non-hydrogen) atoms. The highest BCUT2D eigenvalue weighted by Crippen LogP contribution is 2.35.